The first-order chi connectivity index (χ1) is 18.7. The van der Waals surface area contributed by atoms with E-state index in [1.807, 2.05) is 41.1 Å². The van der Waals surface area contributed by atoms with Crippen LogP contribution in [-0.2, 0) is 6.54 Å². The van der Waals surface area contributed by atoms with Crippen molar-refractivity contribution in [3.8, 4) is 5.69 Å². The lowest BCUT2D eigenvalue weighted by atomic mass is 9.94. The van der Waals surface area contributed by atoms with Crippen LogP contribution in [0.25, 0.3) is 16.6 Å². The molecule has 196 valence electrons. The van der Waals surface area contributed by atoms with Crippen molar-refractivity contribution in [3.63, 3.8) is 0 Å². The summed E-state index contributed by atoms with van der Waals surface area (Å²) < 4.78 is 2.02. The molecule has 38 heavy (non-hydrogen) atoms. The lowest BCUT2D eigenvalue weighted by molar-refractivity contribution is 0.148. The van der Waals surface area contributed by atoms with E-state index in [2.05, 4.69) is 49.7 Å². The summed E-state index contributed by atoms with van der Waals surface area (Å²) >= 11 is 0. The second-order valence-corrected chi connectivity index (χ2v) is 10.3. The number of benzene rings is 2. The highest BCUT2D eigenvalue weighted by Gasteiger charge is 2.27. The summed E-state index contributed by atoms with van der Waals surface area (Å²) in [7, 11) is 0. The smallest absolute Gasteiger partial charge is 0.319 e. The van der Waals surface area contributed by atoms with Gasteiger partial charge in [-0.3, -0.25) is 9.88 Å². The molecule has 1 aliphatic carbocycles. The summed E-state index contributed by atoms with van der Waals surface area (Å²) in [6.45, 7) is 4.65. The first kappa shape index (κ1) is 24.4. The molecule has 6 rings (SSSR count). The Labute approximate surface area is 223 Å². The number of piperazine rings is 1. The summed E-state index contributed by atoms with van der Waals surface area (Å²) in [6.07, 6.45) is 10.3. The van der Waals surface area contributed by atoms with Crippen molar-refractivity contribution in [1.29, 1.82) is 0 Å². The Kier molecular flexibility index (Phi) is 7.22. The second-order valence-electron chi connectivity index (χ2n) is 10.3. The molecule has 1 aliphatic heterocycles. The van der Waals surface area contributed by atoms with Gasteiger partial charge in [-0.25, -0.2) is 9.48 Å². The van der Waals surface area contributed by atoms with E-state index in [1.165, 1.54) is 37.5 Å². The highest BCUT2D eigenvalue weighted by atomic mass is 16.2. The minimum absolute atomic E-state index is 0.249. The van der Waals surface area contributed by atoms with Crippen molar-refractivity contribution in [2.45, 2.75) is 44.7 Å². The van der Waals surface area contributed by atoms with Crippen molar-refractivity contribution in [1.82, 2.24) is 25.0 Å². The zero-order valence-electron chi connectivity index (χ0n) is 21.7. The van der Waals surface area contributed by atoms with Gasteiger partial charge >= 0.3 is 6.03 Å². The van der Waals surface area contributed by atoms with Gasteiger partial charge in [0.15, 0.2) is 5.82 Å². The second kappa shape index (κ2) is 11.2. The Balaban J connectivity index is 1.14. The molecule has 2 N–H and O–H groups in total. The molecule has 0 unspecified atom stereocenters. The van der Waals surface area contributed by atoms with Gasteiger partial charge < -0.3 is 15.5 Å². The number of anilines is 2. The van der Waals surface area contributed by atoms with E-state index in [9.17, 15) is 4.79 Å². The van der Waals surface area contributed by atoms with E-state index >= 15 is 0 Å². The summed E-state index contributed by atoms with van der Waals surface area (Å²) in [5.74, 6) is 1.06. The molecule has 0 radical (unpaired) electrons. The summed E-state index contributed by atoms with van der Waals surface area (Å²) in [5, 5.41) is 12.0. The quantitative estimate of drug-likeness (QED) is 0.374. The van der Waals surface area contributed by atoms with E-state index in [0.717, 1.165) is 60.5 Å². The zero-order chi connectivity index (χ0) is 25.7. The Hall–Kier alpha value is -3.91. The van der Waals surface area contributed by atoms with Gasteiger partial charge in [0.05, 0.1) is 11.2 Å². The van der Waals surface area contributed by atoms with Gasteiger partial charge in [0.2, 0.25) is 0 Å². The van der Waals surface area contributed by atoms with Crippen LogP contribution in [0.5, 0.6) is 0 Å². The van der Waals surface area contributed by atoms with Gasteiger partial charge in [-0.1, -0.05) is 37.5 Å². The maximum atomic E-state index is 12.3. The van der Waals surface area contributed by atoms with Crippen LogP contribution >= 0.6 is 0 Å². The van der Waals surface area contributed by atoms with E-state index in [4.69, 9.17) is 5.10 Å². The Bertz CT molecular complexity index is 1350. The van der Waals surface area contributed by atoms with Crippen LogP contribution in [-0.4, -0.2) is 57.9 Å². The molecule has 8 nitrogen and oxygen atoms in total. The lowest BCUT2D eigenvalue weighted by Gasteiger charge is -2.41. The zero-order valence-corrected chi connectivity index (χ0v) is 21.7. The van der Waals surface area contributed by atoms with Gasteiger partial charge in [-0.15, -0.1) is 5.10 Å². The number of nitrogens with zero attached hydrogens (tertiary/aromatic N) is 5. The number of para-hydroxylation sites is 1. The number of aromatic nitrogens is 3. The number of carbonyl (C=O) groups excluding carboxylic acids is 1. The van der Waals surface area contributed by atoms with Gasteiger partial charge in [0.25, 0.3) is 0 Å². The van der Waals surface area contributed by atoms with E-state index < -0.39 is 0 Å². The molecule has 0 spiro atoms. The number of urea groups is 1. The minimum Gasteiger partial charge on any atom is -0.352 e. The fourth-order valence-electron chi connectivity index (χ4n) is 5.77. The molecule has 4 aromatic rings. The molecule has 2 fully saturated rings. The van der Waals surface area contributed by atoms with Crippen LogP contribution in [0.2, 0.25) is 0 Å². The lowest BCUT2D eigenvalue weighted by Crippen LogP contribution is -2.51. The summed E-state index contributed by atoms with van der Waals surface area (Å²) in [6, 6.07) is 20.6. The van der Waals surface area contributed by atoms with E-state index in [1.54, 1.807) is 12.4 Å². The third-order valence-corrected chi connectivity index (χ3v) is 7.82. The number of hydrogen-bond donors (Lipinski definition) is 2. The number of fused-ring (bicyclic) bond motifs is 1. The van der Waals surface area contributed by atoms with Gasteiger partial charge in [-0.05, 0) is 60.9 Å². The highest BCUT2D eigenvalue weighted by molar-refractivity contribution is 5.92. The van der Waals surface area contributed by atoms with Gasteiger partial charge in [0, 0.05) is 62.2 Å². The average Bonchev–Trinajstić information content (AvgIpc) is 3.37. The van der Waals surface area contributed by atoms with Crippen molar-refractivity contribution in [3.05, 3.63) is 78.6 Å². The van der Waals surface area contributed by atoms with Crippen LogP contribution in [0, 0.1) is 0 Å². The molecule has 2 aromatic carbocycles. The molecular formula is C30H35N7O. The minimum atomic E-state index is -0.249. The monoisotopic (exact) mass is 509 g/mol. The molecule has 1 saturated heterocycles. The highest BCUT2D eigenvalue weighted by Crippen LogP contribution is 2.31. The molecule has 0 atom stereocenters. The standard InChI is InChI=1S/C30H35N7O/c38-30(32-22-23-7-6-16-31-21-23)33-24-12-14-26(15-13-24)37-28-11-5-4-10-27(28)29(34-37)36-19-17-35(18-20-36)25-8-2-1-3-9-25/h4-7,10-16,21,25H,1-3,8-9,17-20,22H2,(H2,32,33,38). The topological polar surface area (TPSA) is 78.3 Å². The van der Waals surface area contributed by atoms with Gasteiger partial charge in [-0.2, -0.15) is 0 Å². The molecule has 3 heterocycles. The third-order valence-electron chi connectivity index (χ3n) is 7.82. The van der Waals surface area contributed by atoms with Crippen molar-refractivity contribution < 1.29 is 4.79 Å². The molecule has 1 saturated carbocycles. The third kappa shape index (κ3) is 5.36. The van der Waals surface area contributed by atoms with Gasteiger partial charge in [0.1, 0.15) is 0 Å². The Morgan fingerprint density at radius 3 is 2.45 bits per heavy atom. The number of amides is 2. The number of carbonyl (C=O) groups is 1. The average molecular weight is 510 g/mol. The normalized spacial score (nSPS) is 17.0. The fraction of sp³-hybridized carbons (Fsp3) is 0.367. The summed E-state index contributed by atoms with van der Waals surface area (Å²) in [4.78, 5) is 21.6. The van der Waals surface area contributed by atoms with E-state index in [-0.39, 0.29) is 6.03 Å². The predicted octanol–water partition coefficient (Wildman–Crippen LogP) is 5.20. The maximum absolute atomic E-state index is 12.3. The Morgan fingerprint density at radius 1 is 0.895 bits per heavy atom. The molecule has 2 aliphatic rings. The van der Waals surface area contributed by atoms with Crippen molar-refractivity contribution in [2.24, 2.45) is 0 Å². The summed E-state index contributed by atoms with van der Waals surface area (Å²) in [5.41, 5.74) is 3.74. The molecular weight excluding hydrogens is 474 g/mol. The number of hydrogen-bond acceptors (Lipinski definition) is 5. The molecule has 8 heteroatoms. The number of rotatable bonds is 6. The van der Waals surface area contributed by atoms with Crippen LogP contribution in [0.3, 0.4) is 0 Å². The van der Waals surface area contributed by atoms with Crippen molar-refractivity contribution >= 4 is 28.4 Å². The fourth-order valence-corrected chi connectivity index (χ4v) is 5.77. The molecule has 0 bridgehead atoms. The van der Waals surface area contributed by atoms with Crippen molar-refractivity contribution in [2.75, 3.05) is 36.4 Å². The SMILES string of the molecule is O=C(NCc1cccnc1)Nc1ccc(-n2nc(N3CCN(C4CCCCC4)CC3)c3ccccc32)cc1. The number of nitrogens with one attached hydrogen (secondary N) is 2. The number of pyridine rings is 1. The Morgan fingerprint density at radius 2 is 1.68 bits per heavy atom. The van der Waals surface area contributed by atoms with Crippen LogP contribution in [0.4, 0.5) is 16.3 Å². The van der Waals surface area contributed by atoms with E-state index in [0.29, 0.717) is 6.54 Å². The van der Waals surface area contributed by atoms with Crippen LogP contribution < -0.4 is 15.5 Å². The van der Waals surface area contributed by atoms with Crippen LogP contribution in [0.1, 0.15) is 37.7 Å². The molecule has 2 aromatic heterocycles. The maximum Gasteiger partial charge on any atom is 0.319 e. The van der Waals surface area contributed by atoms with Crippen LogP contribution in [0.15, 0.2) is 73.1 Å². The first-order valence-corrected chi connectivity index (χ1v) is 13.8. The molecule has 2 amide bonds. The largest absolute Gasteiger partial charge is 0.352 e. The predicted molar refractivity (Wildman–Crippen MR) is 152 cm³/mol. The first-order valence-electron chi connectivity index (χ1n) is 13.8.